The quantitative estimate of drug-likeness (QED) is 0.906. The molecule has 0 saturated heterocycles. The van der Waals surface area contributed by atoms with Crippen molar-refractivity contribution in [3.8, 4) is 5.69 Å². The van der Waals surface area contributed by atoms with Crippen molar-refractivity contribution < 1.29 is 14.3 Å². The first-order chi connectivity index (χ1) is 8.08. The second-order valence-corrected chi connectivity index (χ2v) is 3.71. The fourth-order valence-electron chi connectivity index (χ4n) is 1.32. The number of hydrogen-bond acceptors (Lipinski definition) is 3. The van der Waals surface area contributed by atoms with Gasteiger partial charge in [0.15, 0.2) is 5.82 Å². The molecule has 0 fully saturated rings. The number of halogens is 2. The Morgan fingerprint density at radius 3 is 3.00 bits per heavy atom. The molecule has 0 aliphatic rings. The number of aromatic nitrogens is 3. The standard InChI is InChI=1S/C10H7ClFN3O2/c11-7-2-1-3-8(10(7)12)15-5-6(13-14-15)4-9(16)17/h1-3,5H,4H2,(H,16,17). The van der Waals surface area contributed by atoms with E-state index in [0.717, 1.165) is 4.68 Å². The summed E-state index contributed by atoms with van der Waals surface area (Å²) >= 11 is 5.62. The smallest absolute Gasteiger partial charge is 0.309 e. The summed E-state index contributed by atoms with van der Waals surface area (Å²) < 4.78 is 14.8. The Hall–Kier alpha value is -1.95. The largest absolute Gasteiger partial charge is 0.481 e. The van der Waals surface area contributed by atoms with Crippen LogP contribution in [0.5, 0.6) is 0 Å². The van der Waals surface area contributed by atoms with Gasteiger partial charge in [0.25, 0.3) is 0 Å². The summed E-state index contributed by atoms with van der Waals surface area (Å²) in [4.78, 5) is 10.5. The first-order valence-electron chi connectivity index (χ1n) is 4.65. The van der Waals surface area contributed by atoms with E-state index in [9.17, 15) is 9.18 Å². The molecule has 0 unspecified atom stereocenters. The molecule has 5 nitrogen and oxygen atoms in total. The van der Waals surface area contributed by atoms with Crippen LogP contribution in [-0.2, 0) is 11.2 Å². The summed E-state index contributed by atoms with van der Waals surface area (Å²) in [6.45, 7) is 0. The van der Waals surface area contributed by atoms with Gasteiger partial charge < -0.3 is 5.11 Å². The first kappa shape index (κ1) is 11.5. The Kier molecular flexibility index (Phi) is 3.06. The van der Waals surface area contributed by atoms with Crippen LogP contribution >= 0.6 is 11.6 Å². The van der Waals surface area contributed by atoms with Gasteiger partial charge in [-0.3, -0.25) is 4.79 Å². The molecule has 7 heteroatoms. The molecule has 88 valence electrons. The van der Waals surface area contributed by atoms with Crippen LogP contribution in [0, 0.1) is 5.82 Å². The zero-order valence-corrected chi connectivity index (χ0v) is 9.23. The van der Waals surface area contributed by atoms with Crippen LogP contribution in [0.3, 0.4) is 0 Å². The Morgan fingerprint density at radius 2 is 2.29 bits per heavy atom. The summed E-state index contributed by atoms with van der Waals surface area (Å²) in [5.74, 6) is -1.65. The van der Waals surface area contributed by atoms with E-state index in [1.165, 1.54) is 18.3 Å². The van der Waals surface area contributed by atoms with Crippen LogP contribution in [0.1, 0.15) is 5.69 Å². The number of carboxylic acids is 1. The molecule has 2 aromatic rings. The van der Waals surface area contributed by atoms with Crippen molar-refractivity contribution >= 4 is 17.6 Å². The van der Waals surface area contributed by atoms with E-state index in [2.05, 4.69) is 10.3 Å². The van der Waals surface area contributed by atoms with Gasteiger partial charge in [0.2, 0.25) is 0 Å². The molecule has 0 aliphatic carbocycles. The number of rotatable bonds is 3. The molecule has 0 spiro atoms. The maximum absolute atomic E-state index is 13.6. The highest BCUT2D eigenvalue weighted by Crippen LogP contribution is 2.20. The Balaban J connectivity index is 2.37. The number of carboxylic acid groups (broad SMARTS) is 1. The van der Waals surface area contributed by atoms with Gasteiger partial charge in [0.1, 0.15) is 5.69 Å². The SMILES string of the molecule is O=C(O)Cc1cn(-c2cccc(Cl)c2F)nn1. The number of benzene rings is 1. The molecule has 0 bridgehead atoms. The van der Waals surface area contributed by atoms with E-state index in [1.54, 1.807) is 6.07 Å². The van der Waals surface area contributed by atoms with Gasteiger partial charge in [0, 0.05) is 0 Å². The molecule has 0 radical (unpaired) electrons. The summed E-state index contributed by atoms with van der Waals surface area (Å²) in [5, 5.41) is 15.8. The van der Waals surface area contributed by atoms with Crippen molar-refractivity contribution in [2.24, 2.45) is 0 Å². The Labute approximate surface area is 100 Å². The fraction of sp³-hybridized carbons (Fsp3) is 0.100. The molecule has 17 heavy (non-hydrogen) atoms. The van der Waals surface area contributed by atoms with Crippen LogP contribution in [-0.4, -0.2) is 26.1 Å². The van der Waals surface area contributed by atoms with Crippen LogP contribution in [0.4, 0.5) is 4.39 Å². The highest BCUT2D eigenvalue weighted by Gasteiger charge is 2.11. The highest BCUT2D eigenvalue weighted by atomic mass is 35.5. The molecular weight excluding hydrogens is 249 g/mol. The third-order valence-corrected chi connectivity index (χ3v) is 2.34. The van der Waals surface area contributed by atoms with Gasteiger partial charge in [-0.05, 0) is 12.1 Å². The number of carbonyl (C=O) groups is 1. The zero-order chi connectivity index (χ0) is 12.4. The molecule has 1 aromatic heterocycles. The zero-order valence-electron chi connectivity index (χ0n) is 8.47. The van der Waals surface area contributed by atoms with Gasteiger partial charge in [-0.25, -0.2) is 9.07 Å². The summed E-state index contributed by atoms with van der Waals surface area (Å²) in [7, 11) is 0. The van der Waals surface area contributed by atoms with Crippen molar-refractivity contribution in [2.45, 2.75) is 6.42 Å². The topological polar surface area (TPSA) is 68.0 Å². The minimum absolute atomic E-state index is 0.0298. The van der Waals surface area contributed by atoms with Crippen molar-refractivity contribution in [3.63, 3.8) is 0 Å². The number of hydrogen-bond donors (Lipinski definition) is 1. The van der Waals surface area contributed by atoms with Gasteiger partial charge in [-0.2, -0.15) is 0 Å². The lowest BCUT2D eigenvalue weighted by atomic mass is 10.3. The van der Waals surface area contributed by atoms with E-state index < -0.39 is 11.8 Å². The second-order valence-electron chi connectivity index (χ2n) is 3.30. The Bertz CT molecular complexity index is 570. The minimum Gasteiger partial charge on any atom is -0.481 e. The molecule has 2 rings (SSSR count). The van der Waals surface area contributed by atoms with E-state index in [0.29, 0.717) is 0 Å². The van der Waals surface area contributed by atoms with E-state index in [-0.39, 0.29) is 22.8 Å². The third kappa shape index (κ3) is 2.42. The number of nitrogens with zero attached hydrogens (tertiary/aromatic N) is 3. The van der Waals surface area contributed by atoms with Crippen LogP contribution in [0.2, 0.25) is 5.02 Å². The predicted molar refractivity (Wildman–Crippen MR) is 57.7 cm³/mol. The summed E-state index contributed by atoms with van der Waals surface area (Å²) in [6, 6.07) is 4.45. The van der Waals surface area contributed by atoms with Crippen molar-refractivity contribution in [3.05, 3.63) is 40.9 Å². The van der Waals surface area contributed by atoms with Crippen molar-refractivity contribution in [1.82, 2.24) is 15.0 Å². The van der Waals surface area contributed by atoms with E-state index in [1.807, 2.05) is 0 Å². The summed E-state index contributed by atoms with van der Waals surface area (Å²) in [6.07, 6.45) is 1.09. The lowest BCUT2D eigenvalue weighted by Crippen LogP contribution is -2.00. The fourth-order valence-corrected chi connectivity index (χ4v) is 1.49. The average molecular weight is 256 g/mol. The maximum atomic E-state index is 13.6. The molecule has 0 atom stereocenters. The minimum atomic E-state index is -1.02. The molecule has 0 saturated carbocycles. The average Bonchev–Trinajstić information content (AvgIpc) is 2.69. The van der Waals surface area contributed by atoms with Crippen LogP contribution in [0.15, 0.2) is 24.4 Å². The monoisotopic (exact) mass is 255 g/mol. The lowest BCUT2D eigenvalue weighted by molar-refractivity contribution is -0.136. The van der Waals surface area contributed by atoms with Crippen molar-refractivity contribution in [2.75, 3.05) is 0 Å². The predicted octanol–water partition coefficient (Wildman–Crippen LogP) is 1.69. The number of aliphatic carboxylic acids is 1. The van der Waals surface area contributed by atoms with E-state index in [4.69, 9.17) is 16.7 Å². The van der Waals surface area contributed by atoms with Gasteiger partial charge in [-0.15, -0.1) is 5.10 Å². The molecule has 1 heterocycles. The molecule has 1 aromatic carbocycles. The van der Waals surface area contributed by atoms with Crippen molar-refractivity contribution in [1.29, 1.82) is 0 Å². The van der Waals surface area contributed by atoms with E-state index >= 15 is 0 Å². The molecule has 1 N–H and O–H groups in total. The third-order valence-electron chi connectivity index (χ3n) is 2.05. The van der Waals surface area contributed by atoms with Gasteiger partial charge >= 0.3 is 5.97 Å². The van der Waals surface area contributed by atoms with Crippen LogP contribution in [0.25, 0.3) is 5.69 Å². The molecule has 0 amide bonds. The highest BCUT2D eigenvalue weighted by molar-refractivity contribution is 6.30. The van der Waals surface area contributed by atoms with Gasteiger partial charge in [0.05, 0.1) is 23.3 Å². The maximum Gasteiger partial charge on any atom is 0.309 e. The molecule has 0 aliphatic heterocycles. The molecular formula is C10H7ClFN3O2. The summed E-state index contributed by atoms with van der Waals surface area (Å²) in [5.41, 5.74) is 0.374. The lowest BCUT2D eigenvalue weighted by Gasteiger charge is -2.02. The normalized spacial score (nSPS) is 10.5. The Morgan fingerprint density at radius 1 is 1.53 bits per heavy atom. The van der Waals surface area contributed by atoms with Gasteiger partial charge in [-0.1, -0.05) is 22.9 Å². The van der Waals surface area contributed by atoms with Crippen LogP contribution < -0.4 is 0 Å². The first-order valence-corrected chi connectivity index (χ1v) is 5.03. The second kappa shape index (κ2) is 4.50.